The maximum atomic E-state index is 12.8. The van der Waals surface area contributed by atoms with Crippen LogP contribution in [-0.2, 0) is 15.6 Å². The molecule has 2 heterocycles. The minimum absolute atomic E-state index is 0.0565. The fraction of sp³-hybridized carbons (Fsp3) is 0.0952. The van der Waals surface area contributed by atoms with Crippen molar-refractivity contribution in [3.05, 3.63) is 87.7 Å². The largest absolute Gasteiger partial charge is 0.497 e. The van der Waals surface area contributed by atoms with E-state index in [0.29, 0.717) is 17.1 Å². The minimum atomic E-state index is -3.85. The molecule has 0 aliphatic heterocycles. The molecule has 4 rings (SSSR count). The fourth-order valence-electron chi connectivity index (χ4n) is 3.25. The molecular weight excluding hydrogens is 456 g/mol. The highest BCUT2D eigenvalue weighted by Gasteiger charge is 2.29. The SMILES string of the molecule is COc1ccc(Nc2cc(Cl)cn3c([N+](=O)[O-])c(CS(=O)(=O)c4ccccc4)nc23)cc1. The molecule has 11 heteroatoms. The molecule has 0 aliphatic carbocycles. The number of fused-ring (bicyclic) bond motifs is 1. The Morgan fingerprint density at radius 3 is 2.47 bits per heavy atom. The Bertz CT molecular complexity index is 1400. The number of benzene rings is 2. The fourth-order valence-corrected chi connectivity index (χ4v) is 4.75. The Hall–Kier alpha value is -3.63. The molecule has 4 aromatic rings. The number of hydrogen-bond acceptors (Lipinski definition) is 7. The zero-order valence-corrected chi connectivity index (χ0v) is 18.3. The summed E-state index contributed by atoms with van der Waals surface area (Å²) < 4.78 is 32.0. The summed E-state index contributed by atoms with van der Waals surface area (Å²) in [5, 5.41) is 15.2. The Kier molecular flexibility index (Phi) is 5.72. The third-order valence-corrected chi connectivity index (χ3v) is 6.55. The van der Waals surface area contributed by atoms with Gasteiger partial charge in [0, 0.05) is 5.69 Å². The van der Waals surface area contributed by atoms with Crippen molar-refractivity contribution in [2.45, 2.75) is 10.6 Å². The lowest BCUT2D eigenvalue weighted by Crippen LogP contribution is -2.07. The summed E-state index contributed by atoms with van der Waals surface area (Å²) in [6, 6.07) is 16.3. The number of anilines is 2. The van der Waals surface area contributed by atoms with Gasteiger partial charge in [-0.05, 0) is 47.4 Å². The first-order chi connectivity index (χ1) is 15.3. The number of nitro groups is 1. The molecule has 1 N–H and O–H groups in total. The van der Waals surface area contributed by atoms with Crippen molar-refractivity contribution in [1.29, 1.82) is 0 Å². The van der Waals surface area contributed by atoms with E-state index in [0.717, 1.165) is 0 Å². The van der Waals surface area contributed by atoms with Gasteiger partial charge in [-0.2, -0.15) is 4.40 Å². The summed E-state index contributed by atoms with van der Waals surface area (Å²) in [5.41, 5.74) is 1.04. The molecule has 32 heavy (non-hydrogen) atoms. The van der Waals surface area contributed by atoms with Crippen LogP contribution >= 0.6 is 11.6 Å². The van der Waals surface area contributed by atoms with Crippen molar-refractivity contribution in [3.63, 3.8) is 0 Å². The van der Waals surface area contributed by atoms with E-state index in [1.807, 2.05) is 0 Å². The third kappa shape index (κ3) is 4.23. The van der Waals surface area contributed by atoms with E-state index in [1.165, 1.54) is 22.7 Å². The number of sulfone groups is 1. The lowest BCUT2D eigenvalue weighted by molar-refractivity contribution is -0.391. The molecule has 0 atom stereocenters. The van der Waals surface area contributed by atoms with Crippen LogP contribution in [0.5, 0.6) is 5.75 Å². The molecule has 0 saturated carbocycles. The number of halogens is 1. The van der Waals surface area contributed by atoms with Gasteiger partial charge in [0.05, 0.1) is 17.0 Å². The monoisotopic (exact) mass is 472 g/mol. The van der Waals surface area contributed by atoms with Gasteiger partial charge in [-0.25, -0.2) is 13.4 Å². The number of rotatable bonds is 7. The van der Waals surface area contributed by atoms with Crippen LogP contribution in [0.4, 0.5) is 17.2 Å². The summed E-state index contributed by atoms with van der Waals surface area (Å²) in [6.45, 7) is 0. The van der Waals surface area contributed by atoms with Crippen molar-refractivity contribution in [1.82, 2.24) is 9.38 Å². The van der Waals surface area contributed by atoms with Crippen LogP contribution < -0.4 is 10.1 Å². The average Bonchev–Trinajstić information content (AvgIpc) is 3.12. The first-order valence-corrected chi connectivity index (χ1v) is 11.4. The van der Waals surface area contributed by atoms with E-state index in [1.54, 1.807) is 55.6 Å². The molecule has 0 radical (unpaired) electrons. The number of pyridine rings is 1. The summed E-state index contributed by atoms with van der Waals surface area (Å²) in [6.07, 6.45) is 1.33. The van der Waals surface area contributed by atoms with Gasteiger partial charge in [0.25, 0.3) is 5.65 Å². The van der Waals surface area contributed by atoms with E-state index < -0.39 is 26.3 Å². The first kappa shape index (κ1) is 21.6. The van der Waals surface area contributed by atoms with E-state index in [9.17, 15) is 18.5 Å². The number of nitrogens with zero attached hydrogens (tertiary/aromatic N) is 3. The molecule has 0 unspecified atom stereocenters. The molecule has 0 bridgehead atoms. The average molecular weight is 473 g/mol. The van der Waals surface area contributed by atoms with E-state index >= 15 is 0 Å². The van der Waals surface area contributed by atoms with Crippen molar-refractivity contribution < 1.29 is 18.1 Å². The number of nitrogens with one attached hydrogen (secondary N) is 1. The summed E-state index contributed by atoms with van der Waals surface area (Å²) in [4.78, 5) is 15.5. The van der Waals surface area contributed by atoms with E-state index in [4.69, 9.17) is 16.3 Å². The molecule has 0 spiro atoms. The first-order valence-electron chi connectivity index (χ1n) is 9.32. The Balaban J connectivity index is 1.81. The summed E-state index contributed by atoms with van der Waals surface area (Å²) in [7, 11) is -2.30. The molecule has 2 aromatic heterocycles. The second kappa shape index (κ2) is 8.48. The van der Waals surface area contributed by atoms with Gasteiger partial charge in [-0.1, -0.05) is 29.8 Å². The van der Waals surface area contributed by atoms with Gasteiger partial charge in [-0.15, -0.1) is 0 Å². The van der Waals surface area contributed by atoms with Gasteiger partial charge in [0.2, 0.25) is 0 Å². The number of aromatic nitrogens is 2. The van der Waals surface area contributed by atoms with Gasteiger partial charge in [-0.3, -0.25) is 0 Å². The predicted octanol–water partition coefficient (Wildman–Crippen LogP) is 4.62. The number of imidazole rings is 1. The summed E-state index contributed by atoms with van der Waals surface area (Å²) >= 11 is 6.20. The maximum absolute atomic E-state index is 12.8. The van der Waals surface area contributed by atoms with E-state index in [2.05, 4.69) is 10.3 Å². The van der Waals surface area contributed by atoms with Crippen LogP contribution in [0.25, 0.3) is 5.65 Å². The van der Waals surface area contributed by atoms with Crippen molar-refractivity contribution >= 4 is 44.3 Å². The van der Waals surface area contributed by atoms with Gasteiger partial charge >= 0.3 is 5.82 Å². The van der Waals surface area contributed by atoms with Crippen LogP contribution in [-0.4, -0.2) is 29.8 Å². The van der Waals surface area contributed by atoms with Crippen molar-refractivity contribution in [2.24, 2.45) is 0 Å². The minimum Gasteiger partial charge on any atom is -0.497 e. The van der Waals surface area contributed by atoms with Crippen LogP contribution in [0.15, 0.2) is 71.8 Å². The van der Waals surface area contributed by atoms with Crippen LogP contribution in [0, 0.1) is 10.1 Å². The number of methoxy groups -OCH3 is 1. The lowest BCUT2D eigenvalue weighted by atomic mass is 10.3. The lowest BCUT2D eigenvalue weighted by Gasteiger charge is -2.07. The predicted molar refractivity (Wildman–Crippen MR) is 120 cm³/mol. The Morgan fingerprint density at radius 1 is 1.16 bits per heavy atom. The normalized spacial score (nSPS) is 11.4. The zero-order chi connectivity index (χ0) is 22.9. The highest BCUT2D eigenvalue weighted by molar-refractivity contribution is 7.90. The molecule has 2 aromatic carbocycles. The molecule has 0 aliphatic rings. The molecule has 0 saturated heterocycles. The third-order valence-electron chi connectivity index (χ3n) is 4.70. The van der Waals surface area contributed by atoms with Gasteiger partial charge in [0.1, 0.15) is 23.4 Å². The topological polar surface area (TPSA) is 116 Å². The smallest absolute Gasteiger partial charge is 0.352 e. The van der Waals surface area contributed by atoms with Crippen molar-refractivity contribution in [3.8, 4) is 5.75 Å². The summed E-state index contributed by atoms with van der Waals surface area (Å²) in [5.74, 6) is -0.425. The standard InChI is InChI=1S/C21H17ClN4O5S/c1-31-16-9-7-15(8-10-16)23-18-11-14(22)12-25-20(18)24-19(21(25)26(27)28)13-32(29,30)17-5-3-2-4-6-17/h2-12,23H,13H2,1H3. The van der Waals surface area contributed by atoms with Crippen LogP contribution in [0.1, 0.15) is 5.69 Å². The van der Waals surface area contributed by atoms with Gasteiger partial charge < -0.3 is 20.2 Å². The highest BCUT2D eigenvalue weighted by atomic mass is 35.5. The second-order valence-electron chi connectivity index (χ2n) is 6.83. The quantitative estimate of drug-likeness (QED) is 0.308. The zero-order valence-electron chi connectivity index (χ0n) is 16.7. The van der Waals surface area contributed by atoms with Crippen LogP contribution in [0.2, 0.25) is 5.02 Å². The maximum Gasteiger partial charge on any atom is 0.352 e. The number of ether oxygens (including phenoxy) is 1. The molecular formula is C21H17ClN4O5S. The molecule has 9 nitrogen and oxygen atoms in total. The molecule has 0 fully saturated rings. The Labute approximate surface area is 188 Å². The Morgan fingerprint density at radius 2 is 1.84 bits per heavy atom. The molecule has 164 valence electrons. The highest BCUT2D eigenvalue weighted by Crippen LogP contribution is 2.32. The van der Waals surface area contributed by atoms with Crippen molar-refractivity contribution in [2.75, 3.05) is 12.4 Å². The van der Waals surface area contributed by atoms with E-state index in [-0.39, 0.29) is 21.3 Å². The molecule has 0 amide bonds. The number of hydrogen-bond donors (Lipinski definition) is 1. The van der Waals surface area contributed by atoms with Gasteiger partial charge in [0.15, 0.2) is 15.5 Å². The van der Waals surface area contributed by atoms with Crippen LogP contribution in [0.3, 0.4) is 0 Å². The second-order valence-corrected chi connectivity index (χ2v) is 9.26.